The third-order valence-corrected chi connectivity index (χ3v) is 4.24. The maximum atomic E-state index is 12.0. The summed E-state index contributed by atoms with van der Waals surface area (Å²) in [4.78, 5) is 23.9. The van der Waals surface area contributed by atoms with Crippen LogP contribution < -0.4 is 0 Å². The maximum absolute atomic E-state index is 12.0. The lowest BCUT2D eigenvalue weighted by atomic mass is 9.84. The number of hydrogen-bond acceptors (Lipinski definition) is 2. The third-order valence-electron chi connectivity index (χ3n) is 4.24. The molecule has 0 heterocycles. The normalized spacial score (nSPS) is 25.4. The van der Waals surface area contributed by atoms with Crippen LogP contribution >= 0.6 is 0 Å². The molecule has 20 heavy (non-hydrogen) atoms. The van der Waals surface area contributed by atoms with Gasteiger partial charge in [-0.15, -0.1) is 0 Å². The van der Waals surface area contributed by atoms with E-state index in [0.29, 0.717) is 36.7 Å². The van der Waals surface area contributed by atoms with Gasteiger partial charge in [0.1, 0.15) is 11.6 Å². The summed E-state index contributed by atoms with van der Waals surface area (Å²) in [6.45, 7) is 10.3. The SMILES string of the molecule is CC1(C)/C=C\C(CCC(=O)C(C)(C)C)CCC(=O)CC1. The van der Waals surface area contributed by atoms with E-state index in [4.69, 9.17) is 0 Å². The molecule has 1 aliphatic carbocycles. The maximum Gasteiger partial charge on any atom is 0.138 e. The molecule has 0 saturated heterocycles. The Hall–Kier alpha value is -0.920. The Morgan fingerprint density at radius 1 is 1.30 bits per heavy atom. The van der Waals surface area contributed by atoms with Crippen molar-refractivity contribution < 1.29 is 9.59 Å². The van der Waals surface area contributed by atoms with Gasteiger partial charge in [0, 0.05) is 24.7 Å². The van der Waals surface area contributed by atoms with Crippen LogP contribution in [0.5, 0.6) is 0 Å². The fraction of sp³-hybridized carbons (Fsp3) is 0.778. The highest BCUT2D eigenvalue weighted by molar-refractivity contribution is 5.83. The molecule has 0 aromatic rings. The van der Waals surface area contributed by atoms with Crippen LogP contribution in [0.3, 0.4) is 0 Å². The zero-order valence-corrected chi connectivity index (χ0v) is 13.8. The Morgan fingerprint density at radius 3 is 2.55 bits per heavy atom. The summed E-state index contributed by atoms with van der Waals surface area (Å²) < 4.78 is 0. The summed E-state index contributed by atoms with van der Waals surface area (Å²) in [6.07, 6.45) is 9.15. The molecular weight excluding hydrogens is 248 g/mol. The Balaban J connectivity index is 2.65. The predicted octanol–water partition coefficient (Wildman–Crippen LogP) is 4.72. The standard InChI is InChI=1S/C18H30O2/c1-17(2,3)16(20)9-7-14-6-8-15(19)11-13-18(4,5)12-10-14/h10,12,14H,6-9,11,13H2,1-5H3/b12-10-. The number of carbonyl (C=O) groups excluding carboxylic acids is 2. The number of allylic oxidation sites excluding steroid dienone is 2. The first-order chi connectivity index (χ1) is 9.10. The lowest BCUT2D eigenvalue weighted by molar-refractivity contribution is -0.126. The average Bonchev–Trinajstić information content (AvgIpc) is 2.38. The molecule has 0 amide bonds. The van der Waals surface area contributed by atoms with E-state index in [2.05, 4.69) is 26.0 Å². The van der Waals surface area contributed by atoms with Crippen LogP contribution in [0.1, 0.15) is 73.1 Å². The van der Waals surface area contributed by atoms with Gasteiger partial charge in [-0.05, 0) is 30.6 Å². The lowest BCUT2D eigenvalue weighted by Gasteiger charge is -2.20. The van der Waals surface area contributed by atoms with E-state index in [-0.39, 0.29) is 10.8 Å². The van der Waals surface area contributed by atoms with Crippen LogP contribution in [-0.2, 0) is 9.59 Å². The second-order valence-corrected chi connectivity index (χ2v) is 7.90. The van der Waals surface area contributed by atoms with Crippen molar-refractivity contribution in [3.05, 3.63) is 12.2 Å². The van der Waals surface area contributed by atoms with Gasteiger partial charge in [0.05, 0.1) is 0 Å². The number of carbonyl (C=O) groups is 2. The molecule has 0 aromatic carbocycles. The quantitative estimate of drug-likeness (QED) is 0.700. The van der Waals surface area contributed by atoms with E-state index >= 15 is 0 Å². The fourth-order valence-electron chi connectivity index (χ4n) is 2.44. The summed E-state index contributed by atoms with van der Waals surface area (Å²) in [6, 6.07) is 0. The first-order valence-corrected chi connectivity index (χ1v) is 7.84. The van der Waals surface area contributed by atoms with Crippen LogP contribution in [0.25, 0.3) is 0 Å². The predicted molar refractivity (Wildman–Crippen MR) is 83.6 cm³/mol. The van der Waals surface area contributed by atoms with Crippen molar-refractivity contribution in [3.63, 3.8) is 0 Å². The van der Waals surface area contributed by atoms with Gasteiger partial charge >= 0.3 is 0 Å². The molecule has 0 N–H and O–H groups in total. The Bertz CT molecular complexity index is 383. The lowest BCUT2D eigenvalue weighted by Crippen LogP contribution is -2.20. The van der Waals surface area contributed by atoms with Gasteiger partial charge in [0.25, 0.3) is 0 Å². The summed E-state index contributed by atoms with van der Waals surface area (Å²) in [7, 11) is 0. The van der Waals surface area contributed by atoms with Crippen LogP contribution in [0, 0.1) is 16.7 Å². The summed E-state index contributed by atoms with van der Waals surface area (Å²) in [5.41, 5.74) is -0.163. The summed E-state index contributed by atoms with van der Waals surface area (Å²) >= 11 is 0. The first kappa shape index (κ1) is 17.1. The molecule has 0 bridgehead atoms. The van der Waals surface area contributed by atoms with E-state index in [0.717, 1.165) is 19.3 Å². The van der Waals surface area contributed by atoms with Crippen LogP contribution in [0.2, 0.25) is 0 Å². The minimum atomic E-state index is -0.253. The largest absolute Gasteiger partial charge is 0.300 e. The van der Waals surface area contributed by atoms with Gasteiger partial charge in [-0.1, -0.05) is 46.8 Å². The van der Waals surface area contributed by atoms with Crippen LogP contribution in [0.15, 0.2) is 12.2 Å². The zero-order chi connectivity index (χ0) is 15.4. The molecule has 0 saturated carbocycles. The molecule has 0 radical (unpaired) electrons. The van der Waals surface area contributed by atoms with Gasteiger partial charge in [0.2, 0.25) is 0 Å². The van der Waals surface area contributed by atoms with E-state index in [9.17, 15) is 9.59 Å². The number of hydrogen-bond donors (Lipinski definition) is 0. The van der Waals surface area contributed by atoms with Crippen molar-refractivity contribution in [2.75, 3.05) is 0 Å². The van der Waals surface area contributed by atoms with Gasteiger partial charge in [-0.25, -0.2) is 0 Å². The van der Waals surface area contributed by atoms with Crippen molar-refractivity contribution in [3.8, 4) is 0 Å². The van der Waals surface area contributed by atoms with Crippen LogP contribution in [0.4, 0.5) is 0 Å². The van der Waals surface area contributed by atoms with E-state index in [1.807, 2.05) is 20.8 Å². The third kappa shape index (κ3) is 6.02. The zero-order valence-electron chi connectivity index (χ0n) is 13.8. The Morgan fingerprint density at radius 2 is 1.95 bits per heavy atom. The van der Waals surface area contributed by atoms with Crippen molar-refractivity contribution in [2.24, 2.45) is 16.7 Å². The van der Waals surface area contributed by atoms with Gasteiger partial charge in [-0.2, -0.15) is 0 Å². The van der Waals surface area contributed by atoms with E-state index in [1.165, 1.54) is 0 Å². The van der Waals surface area contributed by atoms with Crippen molar-refractivity contribution in [1.82, 2.24) is 0 Å². The number of rotatable bonds is 3. The molecule has 0 spiro atoms. The molecule has 0 fully saturated rings. The molecule has 1 rings (SSSR count). The van der Waals surface area contributed by atoms with Crippen molar-refractivity contribution in [2.45, 2.75) is 73.1 Å². The highest BCUT2D eigenvalue weighted by Gasteiger charge is 2.23. The second kappa shape index (κ2) is 6.69. The van der Waals surface area contributed by atoms with Gasteiger partial charge in [0.15, 0.2) is 0 Å². The molecule has 0 aromatic heterocycles. The van der Waals surface area contributed by atoms with Crippen molar-refractivity contribution >= 4 is 11.6 Å². The fourth-order valence-corrected chi connectivity index (χ4v) is 2.44. The molecule has 114 valence electrons. The molecule has 2 heteroatoms. The Labute approximate surface area is 124 Å². The van der Waals surface area contributed by atoms with Crippen molar-refractivity contribution in [1.29, 1.82) is 0 Å². The van der Waals surface area contributed by atoms with Gasteiger partial charge in [-0.3, -0.25) is 9.59 Å². The van der Waals surface area contributed by atoms with Crippen LogP contribution in [-0.4, -0.2) is 11.6 Å². The first-order valence-electron chi connectivity index (χ1n) is 7.84. The van der Waals surface area contributed by atoms with Gasteiger partial charge < -0.3 is 0 Å². The topological polar surface area (TPSA) is 34.1 Å². The molecule has 1 aliphatic rings. The number of ketones is 2. The summed E-state index contributed by atoms with van der Waals surface area (Å²) in [5.74, 6) is 1.05. The minimum absolute atomic E-state index is 0.0896. The Kier molecular flexibility index (Phi) is 5.73. The highest BCUT2D eigenvalue weighted by atomic mass is 16.1. The second-order valence-electron chi connectivity index (χ2n) is 7.90. The molecular formula is C18H30O2. The smallest absolute Gasteiger partial charge is 0.138 e. The molecule has 1 atom stereocenters. The molecule has 0 aliphatic heterocycles. The van der Waals surface area contributed by atoms with E-state index in [1.54, 1.807) is 0 Å². The molecule has 2 nitrogen and oxygen atoms in total. The average molecular weight is 278 g/mol. The number of Topliss-reactive ketones (excluding diaryl/α,β-unsaturated/α-hetero) is 2. The highest BCUT2D eigenvalue weighted by Crippen LogP contribution is 2.30. The monoisotopic (exact) mass is 278 g/mol. The molecule has 1 unspecified atom stereocenters. The van der Waals surface area contributed by atoms with E-state index < -0.39 is 0 Å². The minimum Gasteiger partial charge on any atom is -0.300 e. The summed E-state index contributed by atoms with van der Waals surface area (Å²) in [5, 5.41) is 0.